The van der Waals surface area contributed by atoms with Gasteiger partial charge in [-0.3, -0.25) is 4.79 Å². The number of anilines is 2. The van der Waals surface area contributed by atoms with E-state index in [1.807, 2.05) is 0 Å². The van der Waals surface area contributed by atoms with E-state index < -0.39 is 0 Å². The molecular weight excluding hydrogens is 607 g/mol. The molecule has 1 aromatic heterocycles. The number of hydrogen-bond donors (Lipinski definition) is 1. The number of aliphatic hydroxyl groups is 1. The highest BCUT2D eigenvalue weighted by atomic mass is 32.1. The summed E-state index contributed by atoms with van der Waals surface area (Å²) in [4.78, 5) is 34.8. The molecule has 10 nitrogen and oxygen atoms in total. The fraction of sp³-hybridized carbons (Fsp3) is 0.455. The predicted molar refractivity (Wildman–Crippen MR) is 187 cm³/mol. The Morgan fingerprint density at radius 1 is 1.07 bits per heavy atom. The van der Waals surface area contributed by atoms with Crippen LogP contribution in [0.25, 0.3) is 15.6 Å². The highest BCUT2D eigenvalue weighted by Crippen LogP contribution is 2.35. The summed E-state index contributed by atoms with van der Waals surface area (Å²) in [6.45, 7) is 11.8. The van der Waals surface area contributed by atoms with Crippen molar-refractivity contribution >= 4 is 55.2 Å². The van der Waals surface area contributed by atoms with Gasteiger partial charge in [-0.25, -0.2) is 6.57 Å². The van der Waals surface area contributed by atoms with Crippen molar-refractivity contribution < 1.29 is 14.6 Å². The van der Waals surface area contributed by atoms with Gasteiger partial charge in [0, 0.05) is 48.9 Å². The van der Waals surface area contributed by atoms with Gasteiger partial charge in [-0.2, -0.15) is 37.0 Å². The van der Waals surface area contributed by atoms with Gasteiger partial charge >= 0.3 is 6.01 Å². The van der Waals surface area contributed by atoms with Crippen LogP contribution in [0.4, 0.5) is 11.5 Å². The lowest BCUT2D eigenvalue weighted by molar-refractivity contribution is -0.127. The molecule has 12 heteroatoms. The van der Waals surface area contributed by atoms with Crippen molar-refractivity contribution in [3.8, 4) is 17.9 Å². The monoisotopic (exact) mass is 647 g/mol. The Morgan fingerprint density at radius 2 is 1.89 bits per heavy atom. The number of benzene rings is 2. The summed E-state index contributed by atoms with van der Waals surface area (Å²) in [5.74, 6) is 5.42. The number of hydrogen-bond acceptors (Lipinski definition) is 8. The van der Waals surface area contributed by atoms with E-state index in [0.717, 1.165) is 49.4 Å². The van der Waals surface area contributed by atoms with Crippen molar-refractivity contribution in [3.05, 3.63) is 65.1 Å². The maximum atomic E-state index is 12.7. The van der Waals surface area contributed by atoms with Crippen molar-refractivity contribution in [3.63, 3.8) is 0 Å². The first-order chi connectivity index (χ1) is 21.1. The number of rotatable bonds is 6. The van der Waals surface area contributed by atoms with E-state index in [1.54, 1.807) is 4.90 Å². The number of amides is 1. The molecule has 238 valence electrons. The topological polar surface area (TPSA) is 89.6 Å². The Morgan fingerprint density at radius 3 is 2.67 bits per heavy atom. The van der Waals surface area contributed by atoms with Crippen LogP contribution < -0.4 is 14.5 Å². The van der Waals surface area contributed by atoms with Gasteiger partial charge in [-0.05, 0) is 50.2 Å². The van der Waals surface area contributed by atoms with Crippen LogP contribution in [0.15, 0.2) is 42.5 Å². The molecule has 2 saturated heterocycles. The summed E-state index contributed by atoms with van der Waals surface area (Å²) < 4.78 is 6.28. The number of ether oxygens (including phenoxy) is 1. The fourth-order valence-corrected chi connectivity index (χ4v) is 6.53. The molecule has 0 unspecified atom stereocenters. The molecule has 2 aromatic carbocycles. The van der Waals surface area contributed by atoms with E-state index in [-0.39, 0.29) is 52.1 Å². The van der Waals surface area contributed by atoms with Crippen LogP contribution in [0.2, 0.25) is 0 Å². The summed E-state index contributed by atoms with van der Waals surface area (Å²) >= 11 is 0. The van der Waals surface area contributed by atoms with Crippen LogP contribution >= 0.6 is 27.0 Å². The van der Waals surface area contributed by atoms with Gasteiger partial charge in [-0.1, -0.05) is 42.3 Å². The van der Waals surface area contributed by atoms with Crippen molar-refractivity contribution in [2.45, 2.75) is 37.9 Å². The molecular formula is C33H41N7O3S2. The van der Waals surface area contributed by atoms with Gasteiger partial charge in [0.15, 0.2) is 0 Å². The van der Waals surface area contributed by atoms with Crippen molar-refractivity contribution in [1.29, 1.82) is 0 Å². The SMILES string of the molecule is S.S.[C-]#[N+]C[C@H]1CN(c2nc(OC[C@@H]3CCCN3C)nc3c2CCN(c2cccc4ccccc24)C3)CCN1C(=O)C#CCO. The number of fused-ring (bicyclic) bond motifs is 2. The number of carbonyl (C=O) groups is 1. The number of carbonyl (C=O) groups excluding carboxylic acids is 1. The van der Waals surface area contributed by atoms with E-state index in [2.05, 4.69) is 80.9 Å². The minimum Gasteiger partial charge on any atom is -0.462 e. The van der Waals surface area contributed by atoms with E-state index in [0.29, 0.717) is 44.8 Å². The number of likely N-dealkylation sites (tertiary alicyclic amines) is 1. The molecule has 3 aliphatic heterocycles. The smallest absolute Gasteiger partial charge is 0.318 e. The van der Waals surface area contributed by atoms with Crippen molar-refractivity contribution in [2.24, 2.45) is 0 Å². The molecule has 0 saturated carbocycles. The number of aliphatic hydroxyl groups excluding tert-OH is 1. The molecule has 0 radical (unpaired) electrons. The second-order valence-corrected chi connectivity index (χ2v) is 11.4. The molecule has 3 aliphatic rings. The molecule has 2 atom stereocenters. The van der Waals surface area contributed by atoms with E-state index >= 15 is 0 Å². The van der Waals surface area contributed by atoms with Crippen LogP contribution in [-0.4, -0.2) is 102 Å². The Kier molecular flexibility index (Phi) is 11.8. The Bertz CT molecular complexity index is 1600. The van der Waals surface area contributed by atoms with Gasteiger partial charge in [-0.15, -0.1) is 0 Å². The molecule has 2 fully saturated rings. The first-order valence-corrected chi connectivity index (χ1v) is 15.0. The third kappa shape index (κ3) is 7.42. The first kappa shape index (κ1) is 34.2. The molecule has 0 bridgehead atoms. The molecule has 1 amide bonds. The molecule has 3 aromatic rings. The van der Waals surface area contributed by atoms with Crippen LogP contribution in [-0.2, 0) is 17.8 Å². The Balaban J connectivity index is 0.00000230. The van der Waals surface area contributed by atoms with Gasteiger partial charge in [0.2, 0.25) is 6.54 Å². The van der Waals surface area contributed by atoms with Crippen molar-refractivity contribution in [1.82, 2.24) is 19.8 Å². The number of aromatic nitrogens is 2. The lowest BCUT2D eigenvalue weighted by Gasteiger charge is -2.40. The molecule has 4 heterocycles. The van der Waals surface area contributed by atoms with Crippen molar-refractivity contribution in [2.75, 3.05) is 69.3 Å². The highest BCUT2D eigenvalue weighted by molar-refractivity contribution is 7.59. The molecule has 0 spiro atoms. The minimum absolute atomic E-state index is 0. The first-order valence-electron chi connectivity index (χ1n) is 15.0. The maximum absolute atomic E-state index is 12.7. The van der Waals surface area contributed by atoms with Gasteiger partial charge in [0.05, 0.1) is 12.2 Å². The van der Waals surface area contributed by atoms with E-state index in [1.165, 1.54) is 16.5 Å². The third-order valence-corrected chi connectivity index (χ3v) is 8.83. The average molecular weight is 648 g/mol. The zero-order valence-corrected chi connectivity index (χ0v) is 27.6. The highest BCUT2D eigenvalue weighted by Gasteiger charge is 2.35. The van der Waals surface area contributed by atoms with Gasteiger partial charge in [0.25, 0.3) is 5.91 Å². The van der Waals surface area contributed by atoms with Gasteiger partial charge in [0.1, 0.15) is 25.1 Å². The summed E-state index contributed by atoms with van der Waals surface area (Å²) in [5.41, 5.74) is 3.24. The second-order valence-electron chi connectivity index (χ2n) is 11.4. The average Bonchev–Trinajstić information content (AvgIpc) is 3.46. The normalized spacial score (nSPS) is 19.4. The van der Waals surface area contributed by atoms with Crippen LogP contribution in [0, 0.1) is 18.4 Å². The molecule has 0 aliphatic carbocycles. The van der Waals surface area contributed by atoms with Crippen LogP contribution in [0.3, 0.4) is 0 Å². The maximum Gasteiger partial charge on any atom is 0.318 e. The molecule has 6 rings (SSSR count). The number of nitrogens with zero attached hydrogens (tertiary/aromatic N) is 7. The van der Waals surface area contributed by atoms with Crippen LogP contribution in [0.1, 0.15) is 24.1 Å². The minimum atomic E-state index is -0.374. The predicted octanol–water partition coefficient (Wildman–Crippen LogP) is 2.82. The summed E-state index contributed by atoms with van der Waals surface area (Å²) in [6.07, 6.45) is 3.03. The zero-order valence-electron chi connectivity index (χ0n) is 25.6. The summed E-state index contributed by atoms with van der Waals surface area (Å²) in [5, 5.41) is 11.5. The Hall–Kier alpha value is -3.68. The van der Waals surface area contributed by atoms with Gasteiger partial charge < -0.3 is 34.3 Å². The second kappa shape index (κ2) is 15.5. The number of likely N-dealkylation sites (N-methyl/N-ethyl adjacent to an activating group) is 1. The number of piperazine rings is 1. The largest absolute Gasteiger partial charge is 0.462 e. The lowest BCUT2D eigenvalue weighted by Crippen LogP contribution is -2.56. The molecule has 45 heavy (non-hydrogen) atoms. The fourth-order valence-electron chi connectivity index (χ4n) is 6.53. The van der Waals surface area contributed by atoms with Crippen LogP contribution in [0.5, 0.6) is 6.01 Å². The quantitative estimate of drug-likeness (QED) is 0.323. The summed E-state index contributed by atoms with van der Waals surface area (Å²) in [6, 6.07) is 15.3. The summed E-state index contributed by atoms with van der Waals surface area (Å²) in [7, 11) is 2.13. The lowest BCUT2D eigenvalue weighted by atomic mass is 10.0. The zero-order chi connectivity index (χ0) is 29.8. The molecule has 1 N–H and O–H groups in total. The van der Waals surface area contributed by atoms with E-state index in [9.17, 15) is 4.79 Å². The van der Waals surface area contributed by atoms with E-state index in [4.69, 9.17) is 26.4 Å². The third-order valence-electron chi connectivity index (χ3n) is 8.83. The standard InChI is InChI=1S/C33H37N7O3.2H2S/c1-34-20-26-21-39(17-18-40(26)31(42)13-7-19-41)32-28-14-16-38(30-12-5-9-24-8-3-4-11-27(24)30)22-29(28)35-33(36-32)43-23-25-10-6-15-37(25)2;;/h3-5,8-9,11-12,25-26,41H,6,10,14-23H2,2H3;2*1H2/t25-,26-;;/m0../s1. The Labute approximate surface area is 279 Å².